The number of para-hydroxylation sites is 2. The van der Waals surface area contributed by atoms with Gasteiger partial charge >= 0.3 is 0 Å². The van der Waals surface area contributed by atoms with Gasteiger partial charge in [0, 0.05) is 18.9 Å². The third-order valence-corrected chi connectivity index (χ3v) is 7.84. The Morgan fingerprint density at radius 1 is 1.06 bits per heavy atom. The Morgan fingerprint density at radius 3 is 2.66 bits per heavy atom. The van der Waals surface area contributed by atoms with Crippen molar-refractivity contribution >= 4 is 16.6 Å². The minimum atomic E-state index is -0.583. The summed E-state index contributed by atoms with van der Waals surface area (Å²) < 4.78 is 0. The third kappa shape index (κ3) is 4.14. The van der Waals surface area contributed by atoms with Gasteiger partial charge in [0.25, 0.3) is 0 Å². The van der Waals surface area contributed by atoms with E-state index in [4.69, 9.17) is 4.98 Å². The van der Waals surface area contributed by atoms with Crippen LogP contribution in [0, 0.1) is 11.8 Å². The van der Waals surface area contributed by atoms with Crippen LogP contribution in [0.2, 0.25) is 0 Å². The lowest BCUT2D eigenvalue weighted by atomic mass is 9.57. The van der Waals surface area contributed by atoms with Gasteiger partial charge in [-0.15, -0.1) is 0 Å². The highest BCUT2D eigenvalue weighted by molar-refractivity contribution is 5.75. The molecule has 168 valence electrons. The highest BCUT2D eigenvalue weighted by Crippen LogP contribution is 2.54. The Balaban J connectivity index is 1.18. The molecule has 0 aliphatic heterocycles. The molecule has 0 radical (unpaired) electrons. The second-order valence-electron chi connectivity index (χ2n) is 9.95. The molecule has 3 atom stereocenters. The van der Waals surface area contributed by atoms with E-state index in [0.717, 1.165) is 62.1 Å². The van der Waals surface area contributed by atoms with E-state index >= 15 is 0 Å². The van der Waals surface area contributed by atoms with E-state index in [1.165, 1.54) is 23.1 Å². The van der Waals surface area contributed by atoms with E-state index in [-0.39, 0.29) is 5.92 Å². The van der Waals surface area contributed by atoms with Crippen LogP contribution in [0.3, 0.4) is 0 Å². The SMILES string of the molecule is CC1=C(c2ccccc2)[C@@H]2CC[C@@H]1C[C@]2(O)CCN(C)CCCc1nc2ccccc2[nH]1. The first-order valence-corrected chi connectivity index (χ1v) is 12.1. The van der Waals surface area contributed by atoms with Crippen molar-refractivity contribution < 1.29 is 5.11 Å². The lowest BCUT2D eigenvalue weighted by molar-refractivity contribution is -0.0578. The van der Waals surface area contributed by atoms with Gasteiger partial charge in [-0.3, -0.25) is 0 Å². The van der Waals surface area contributed by atoms with Gasteiger partial charge in [0.1, 0.15) is 5.82 Å². The molecule has 3 aliphatic rings. The van der Waals surface area contributed by atoms with Crippen LogP contribution < -0.4 is 0 Å². The second kappa shape index (κ2) is 8.84. The van der Waals surface area contributed by atoms with Gasteiger partial charge in [-0.2, -0.15) is 0 Å². The second-order valence-corrected chi connectivity index (χ2v) is 9.95. The zero-order valence-electron chi connectivity index (χ0n) is 19.3. The van der Waals surface area contributed by atoms with Crippen molar-refractivity contribution in [1.82, 2.24) is 14.9 Å². The minimum absolute atomic E-state index is 0.263. The number of aromatic amines is 1. The molecule has 1 heterocycles. The molecule has 1 aromatic heterocycles. The molecule has 0 spiro atoms. The summed E-state index contributed by atoms with van der Waals surface area (Å²) in [5, 5.41) is 11.8. The molecular weight excluding hydrogens is 394 g/mol. The molecule has 2 bridgehead atoms. The fourth-order valence-corrected chi connectivity index (χ4v) is 6.04. The molecule has 6 rings (SSSR count). The van der Waals surface area contributed by atoms with Crippen molar-refractivity contribution in [2.75, 3.05) is 20.1 Å². The smallest absolute Gasteiger partial charge is 0.107 e. The van der Waals surface area contributed by atoms with Gasteiger partial charge in [0.05, 0.1) is 16.6 Å². The van der Waals surface area contributed by atoms with Crippen molar-refractivity contribution in [3.8, 4) is 0 Å². The number of allylic oxidation sites excluding steroid dienone is 1. The summed E-state index contributed by atoms with van der Waals surface area (Å²) in [6.07, 6.45) is 6.12. The molecule has 0 amide bonds. The predicted octanol–water partition coefficient (Wildman–Crippen LogP) is 5.45. The molecule has 1 saturated carbocycles. The van der Waals surface area contributed by atoms with Crippen molar-refractivity contribution in [2.24, 2.45) is 11.8 Å². The lowest BCUT2D eigenvalue weighted by Gasteiger charge is -2.51. The van der Waals surface area contributed by atoms with Gasteiger partial charge in [-0.1, -0.05) is 48.0 Å². The monoisotopic (exact) mass is 429 g/mol. The maximum Gasteiger partial charge on any atom is 0.107 e. The fourth-order valence-electron chi connectivity index (χ4n) is 6.04. The predicted molar refractivity (Wildman–Crippen MR) is 131 cm³/mol. The molecule has 1 fully saturated rings. The van der Waals surface area contributed by atoms with E-state index in [2.05, 4.69) is 66.3 Å². The maximum absolute atomic E-state index is 11.8. The Morgan fingerprint density at radius 2 is 1.84 bits per heavy atom. The van der Waals surface area contributed by atoms with Crippen LogP contribution in [0.4, 0.5) is 0 Å². The highest BCUT2D eigenvalue weighted by atomic mass is 16.3. The Bertz CT molecular complexity index is 1070. The average Bonchev–Trinajstić information content (AvgIpc) is 3.22. The number of nitrogens with zero attached hydrogens (tertiary/aromatic N) is 2. The van der Waals surface area contributed by atoms with Crippen LogP contribution in [0.5, 0.6) is 0 Å². The van der Waals surface area contributed by atoms with Crippen LogP contribution in [0.25, 0.3) is 16.6 Å². The number of benzene rings is 2. The first-order chi connectivity index (χ1) is 15.5. The number of fused-ring (bicyclic) bond motifs is 3. The molecule has 3 aromatic rings. The van der Waals surface area contributed by atoms with Gasteiger partial charge < -0.3 is 15.0 Å². The number of nitrogens with one attached hydrogen (secondary N) is 1. The number of aromatic nitrogens is 2. The molecule has 0 unspecified atom stereocenters. The molecule has 3 aliphatic carbocycles. The Kier molecular flexibility index (Phi) is 5.92. The summed E-state index contributed by atoms with van der Waals surface area (Å²) in [5.74, 6) is 1.85. The zero-order chi connectivity index (χ0) is 22.1. The van der Waals surface area contributed by atoms with E-state index in [1.807, 2.05) is 12.1 Å². The summed E-state index contributed by atoms with van der Waals surface area (Å²) >= 11 is 0. The van der Waals surface area contributed by atoms with Crippen molar-refractivity contribution in [3.05, 3.63) is 71.6 Å². The normalized spacial score (nSPS) is 25.2. The Labute approximate surface area is 191 Å². The van der Waals surface area contributed by atoms with Gasteiger partial charge in [-0.25, -0.2) is 4.98 Å². The van der Waals surface area contributed by atoms with Crippen LogP contribution in [-0.4, -0.2) is 45.7 Å². The molecular formula is C28H35N3O. The van der Waals surface area contributed by atoms with E-state index in [9.17, 15) is 5.11 Å². The maximum atomic E-state index is 11.8. The summed E-state index contributed by atoms with van der Waals surface area (Å²) in [6, 6.07) is 18.9. The quantitative estimate of drug-likeness (QED) is 0.500. The first kappa shape index (κ1) is 21.4. The first-order valence-electron chi connectivity index (χ1n) is 12.1. The number of hydrogen-bond acceptors (Lipinski definition) is 3. The summed E-state index contributed by atoms with van der Waals surface area (Å²) in [7, 11) is 2.18. The summed E-state index contributed by atoms with van der Waals surface area (Å²) in [4.78, 5) is 10.5. The van der Waals surface area contributed by atoms with Gasteiger partial charge in [0.15, 0.2) is 0 Å². The highest BCUT2D eigenvalue weighted by Gasteiger charge is 2.49. The van der Waals surface area contributed by atoms with E-state index < -0.39 is 5.60 Å². The molecule has 4 nitrogen and oxygen atoms in total. The Hall–Kier alpha value is -2.43. The number of H-pyrrole nitrogens is 1. The average molecular weight is 430 g/mol. The van der Waals surface area contributed by atoms with Crippen molar-refractivity contribution in [2.45, 2.75) is 51.0 Å². The number of rotatable bonds is 8. The summed E-state index contributed by atoms with van der Waals surface area (Å²) in [5.41, 5.74) is 5.81. The van der Waals surface area contributed by atoms with Crippen LogP contribution in [-0.2, 0) is 6.42 Å². The van der Waals surface area contributed by atoms with E-state index in [1.54, 1.807) is 0 Å². The van der Waals surface area contributed by atoms with Crippen LogP contribution in [0.15, 0.2) is 60.2 Å². The number of aryl methyl sites for hydroxylation is 1. The van der Waals surface area contributed by atoms with Crippen molar-refractivity contribution in [1.29, 1.82) is 0 Å². The zero-order valence-corrected chi connectivity index (χ0v) is 19.3. The number of hydrogen-bond donors (Lipinski definition) is 2. The van der Waals surface area contributed by atoms with Crippen LogP contribution in [0.1, 0.15) is 50.4 Å². The number of imidazole rings is 1. The molecule has 4 heteroatoms. The lowest BCUT2D eigenvalue weighted by Crippen LogP contribution is -2.49. The standard InChI is InChI=1S/C28H35N3O/c1-20-22-14-15-23(27(20)21-9-4-3-5-10-21)28(32,19-22)16-18-31(2)17-8-13-26-29-24-11-6-7-12-25(24)30-26/h3-7,9-12,22-23,32H,8,13-19H2,1-2H3,(H,29,30)/t22-,23+,28-/m1/s1. The summed E-state index contributed by atoms with van der Waals surface area (Å²) in [6.45, 7) is 4.24. The van der Waals surface area contributed by atoms with E-state index in [0.29, 0.717) is 5.92 Å². The topological polar surface area (TPSA) is 52.1 Å². The van der Waals surface area contributed by atoms with Crippen molar-refractivity contribution in [3.63, 3.8) is 0 Å². The largest absolute Gasteiger partial charge is 0.389 e. The molecule has 0 saturated heterocycles. The number of aliphatic hydroxyl groups is 1. The van der Waals surface area contributed by atoms with Gasteiger partial charge in [-0.05, 0) is 81.8 Å². The van der Waals surface area contributed by atoms with Gasteiger partial charge in [0.2, 0.25) is 0 Å². The molecule has 2 N–H and O–H groups in total. The third-order valence-electron chi connectivity index (χ3n) is 7.84. The van der Waals surface area contributed by atoms with Crippen LogP contribution >= 0.6 is 0 Å². The minimum Gasteiger partial charge on any atom is -0.389 e. The molecule has 2 aromatic carbocycles. The fraction of sp³-hybridized carbons (Fsp3) is 0.464. The molecule has 32 heavy (non-hydrogen) atoms.